The van der Waals surface area contributed by atoms with E-state index in [2.05, 4.69) is 0 Å². The summed E-state index contributed by atoms with van der Waals surface area (Å²) in [6.07, 6.45) is 3.17. The summed E-state index contributed by atoms with van der Waals surface area (Å²) in [7, 11) is 3.09. The van der Waals surface area contributed by atoms with Crippen LogP contribution in [-0.2, 0) is 25.6 Å². The van der Waals surface area contributed by atoms with Gasteiger partial charge in [-0.3, -0.25) is 28.9 Å². The molecule has 6 unspecified atom stereocenters. The highest BCUT2D eigenvalue weighted by Gasteiger charge is 2.69. The lowest BCUT2D eigenvalue weighted by Gasteiger charge is -2.52. The van der Waals surface area contributed by atoms with Crippen molar-refractivity contribution in [2.24, 2.45) is 29.4 Å². The maximum atomic E-state index is 13.7. The summed E-state index contributed by atoms with van der Waals surface area (Å²) in [6, 6.07) is 3.58. The van der Waals surface area contributed by atoms with Crippen LogP contribution in [0.3, 0.4) is 0 Å². The smallest absolute Gasteiger partial charge is 0.235 e. The molecule has 10 heteroatoms. The largest absolute Gasteiger partial charge is 0.507 e. The fourth-order valence-electron chi connectivity index (χ4n) is 6.29. The van der Waals surface area contributed by atoms with Gasteiger partial charge in [0, 0.05) is 11.5 Å². The first-order valence-corrected chi connectivity index (χ1v) is 11.2. The number of nitrogens with two attached hydrogens (primary N) is 1. The maximum Gasteiger partial charge on any atom is 0.235 e. The molecular formula is C25H24N2O8. The number of furan rings is 1. The van der Waals surface area contributed by atoms with Gasteiger partial charge in [0.25, 0.3) is 0 Å². The van der Waals surface area contributed by atoms with Crippen LogP contribution in [0.4, 0.5) is 0 Å². The number of fused-ring (bicyclic) bond motifs is 3. The third kappa shape index (κ3) is 2.99. The molecule has 1 heterocycles. The molecular weight excluding hydrogens is 456 g/mol. The van der Waals surface area contributed by atoms with Gasteiger partial charge in [-0.1, -0.05) is 6.07 Å². The van der Waals surface area contributed by atoms with Gasteiger partial charge in [0.05, 0.1) is 30.0 Å². The quantitative estimate of drug-likeness (QED) is 0.517. The van der Waals surface area contributed by atoms with E-state index >= 15 is 0 Å². The van der Waals surface area contributed by atoms with E-state index in [1.54, 1.807) is 26.2 Å². The zero-order chi connectivity index (χ0) is 25.4. The number of carbonyl (C=O) groups is 5. The second-order valence-corrected chi connectivity index (χ2v) is 9.79. The third-order valence-corrected chi connectivity index (χ3v) is 7.78. The molecule has 1 amide bonds. The molecule has 2 aromatic rings. The number of carbonyl (C=O) groups excluding carboxylic acids is 5. The van der Waals surface area contributed by atoms with Crippen LogP contribution in [0, 0.1) is 23.7 Å². The van der Waals surface area contributed by atoms with Crippen molar-refractivity contribution < 1.29 is 38.6 Å². The van der Waals surface area contributed by atoms with E-state index in [1.165, 1.54) is 23.5 Å². The number of aliphatic hydroxyl groups is 1. The Hall–Kier alpha value is -3.63. The number of Topliss-reactive ketones (excluding diaryl/α,β-unsaturated/α-hetero) is 4. The number of ketones is 4. The number of hydrogen-bond acceptors (Lipinski definition) is 9. The number of amides is 1. The Bertz CT molecular complexity index is 1300. The van der Waals surface area contributed by atoms with Crippen LogP contribution in [-0.4, -0.2) is 69.9 Å². The monoisotopic (exact) mass is 480 g/mol. The van der Waals surface area contributed by atoms with E-state index in [4.69, 9.17) is 10.2 Å². The van der Waals surface area contributed by atoms with Gasteiger partial charge in [-0.2, -0.15) is 0 Å². The molecule has 0 bridgehead atoms. The Balaban J connectivity index is 1.67. The summed E-state index contributed by atoms with van der Waals surface area (Å²) >= 11 is 0. The van der Waals surface area contributed by atoms with Crippen LogP contribution in [0.1, 0.15) is 22.3 Å². The molecule has 1 aromatic heterocycles. The molecule has 4 N–H and O–H groups in total. The molecule has 2 fully saturated rings. The minimum absolute atomic E-state index is 0.00434. The van der Waals surface area contributed by atoms with E-state index < -0.39 is 64.4 Å². The zero-order valence-electron chi connectivity index (χ0n) is 19.1. The first kappa shape index (κ1) is 23.1. The second-order valence-electron chi connectivity index (χ2n) is 9.79. The third-order valence-electron chi connectivity index (χ3n) is 7.78. The van der Waals surface area contributed by atoms with Gasteiger partial charge in [-0.25, -0.2) is 0 Å². The molecule has 0 saturated heterocycles. The van der Waals surface area contributed by atoms with Crippen LogP contribution < -0.4 is 5.73 Å². The first-order chi connectivity index (χ1) is 16.5. The molecule has 182 valence electrons. The Morgan fingerprint density at radius 1 is 1.14 bits per heavy atom. The van der Waals surface area contributed by atoms with Crippen LogP contribution in [0.15, 0.2) is 35.1 Å². The molecule has 1 aromatic carbocycles. The lowest BCUT2D eigenvalue weighted by molar-refractivity contribution is -0.181. The summed E-state index contributed by atoms with van der Waals surface area (Å²) < 4.78 is 5.17. The number of likely N-dealkylation sites (N-methyl/N-ethyl adjacent to an activating group) is 1. The predicted octanol–water partition coefficient (Wildman–Crippen LogP) is 0.127. The predicted molar refractivity (Wildman–Crippen MR) is 119 cm³/mol. The lowest BCUT2D eigenvalue weighted by atomic mass is 9.52. The molecule has 35 heavy (non-hydrogen) atoms. The number of phenolic OH excluding ortho intramolecular Hbond substituents is 1. The molecule has 3 aliphatic carbocycles. The van der Waals surface area contributed by atoms with E-state index in [1.807, 2.05) is 0 Å². The van der Waals surface area contributed by atoms with Crippen molar-refractivity contribution in [2.45, 2.75) is 24.5 Å². The minimum Gasteiger partial charge on any atom is -0.507 e. The molecule has 0 spiro atoms. The minimum atomic E-state index is -2.73. The number of benzene rings is 1. The van der Waals surface area contributed by atoms with Crippen LogP contribution in [0.5, 0.6) is 5.75 Å². The molecule has 0 aliphatic heterocycles. The fraction of sp³-hybridized carbons (Fsp3) is 0.400. The molecule has 10 nitrogen and oxygen atoms in total. The maximum absolute atomic E-state index is 13.7. The van der Waals surface area contributed by atoms with Crippen molar-refractivity contribution in [1.82, 2.24) is 4.90 Å². The average molecular weight is 480 g/mol. The molecule has 0 radical (unpaired) electrons. The Labute approximate surface area is 199 Å². The van der Waals surface area contributed by atoms with Crippen molar-refractivity contribution in [3.8, 4) is 16.9 Å². The van der Waals surface area contributed by atoms with Gasteiger partial charge in [0.15, 0.2) is 34.7 Å². The number of phenols is 1. The molecule has 3 aliphatic rings. The van der Waals surface area contributed by atoms with Gasteiger partial charge in [-0.15, -0.1) is 0 Å². The van der Waals surface area contributed by atoms with Crippen molar-refractivity contribution >= 4 is 29.0 Å². The number of primary amides is 1. The summed E-state index contributed by atoms with van der Waals surface area (Å²) in [5.41, 5.74) is 4.41. The summed E-state index contributed by atoms with van der Waals surface area (Å²) in [5.74, 6) is -10.6. The van der Waals surface area contributed by atoms with Crippen molar-refractivity contribution in [2.75, 3.05) is 14.1 Å². The SMILES string of the molecule is CN(C)C1C(=O)C(C(N)=O)C(=O)C2(O)C(=O)C3C(=O)c4c(O)ccc(-c5ccoc5)c4CC3CC12. The van der Waals surface area contributed by atoms with Crippen LogP contribution in [0.25, 0.3) is 11.1 Å². The summed E-state index contributed by atoms with van der Waals surface area (Å²) in [6.45, 7) is 0. The normalized spacial score (nSPS) is 32.3. The highest BCUT2D eigenvalue weighted by Crippen LogP contribution is 2.51. The fourth-order valence-corrected chi connectivity index (χ4v) is 6.29. The highest BCUT2D eigenvalue weighted by molar-refractivity contribution is 6.32. The number of aromatic hydroxyl groups is 1. The number of rotatable bonds is 3. The molecule has 6 atom stereocenters. The average Bonchev–Trinajstić information content (AvgIpc) is 3.30. The van der Waals surface area contributed by atoms with Crippen molar-refractivity contribution in [1.29, 1.82) is 0 Å². The van der Waals surface area contributed by atoms with Crippen molar-refractivity contribution in [3.05, 3.63) is 41.9 Å². The number of nitrogens with zero attached hydrogens (tertiary/aromatic N) is 1. The van der Waals surface area contributed by atoms with Gasteiger partial charge in [0.2, 0.25) is 5.91 Å². The highest BCUT2D eigenvalue weighted by atomic mass is 16.3. The van der Waals surface area contributed by atoms with E-state index in [0.717, 1.165) is 0 Å². The summed E-state index contributed by atoms with van der Waals surface area (Å²) in [4.78, 5) is 67.2. The van der Waals surface area contributed by atoms with Gasteiger partial charge >= 0.3 is 0 Å². The van der Waals surface area contributed by atoms with Crippen molar-refractivity contribution in [3.63, 3.8) is 0 Å². The molecule has 2 saturated carbocycles. The summed E-state index contributed by atoms with van der Waals surface area (Å²) in [5, 5.41) is 22.1. The Morgan fingerprint density at radius 3 is 2.46 bits per heavy atom. The first-order valence-electron chi connectivity index (χ1n) is 11.2. The second kappa shape index (κ2) is 7.69. The van der Waals surface area contributed by atoms with Crippen LogP contribution in [0.2, 0.25) is 0 Å². The van der Waals surface area contributed by atoms with E-state index in [9.17, 15) is 34.2 Å². The number of hydrogen-bond donors (Lipinski definition) is 3. The van der Waals surface area contributed by atoms with Gasteiger partial charge < -0.3 is 20.4 Å². The van der Waals surface area contributed by atoms with E-state index in [-0.39, 0.29) is 24.2 Å². The van der Waals surface area contributed by atoms with Gasteiger partial charge in [0.1, 0.15) is 5.75 Å². The van der Waals surface area contributed by atoms with E-state index in [0.29, 0.717) is 16.7 Å². The topological polar surface area (TPSA) is 168 Å². The lowest BCUT2D eigenvalue weighted by Crippen LogP contribution is -2.74. The van der Waals surface area contributed by atoms with Gasteiger partial charge in [-0.05, 0) is 56.1 Å². The standard InChI is InChI=1S/C25H24N2O8/c1-27(2)19-14-8-11-7-13-12(10-5-6-35-9-10)3-4-15(28)17(13)20(29)16(11)22(31)25(14,34)23(32)18(21(19)30)24(26)33/h3-6,9,11,14,16,18-19,28,34H,7-8H2,1-2H3,(H2,26,33). The molecule has 5 rings (SSSR count). The Morgan fingerprint density at radius 2 is 1.86 bits per heavy atom. The van der Waals surface area contributed by atoms with Crippen LogP contribution >= 0.6 is 0 Å². The zero-order valence-corrected chi connectivity index (χ0v) is 19.1. The Kier molecular flexibility index (Phi) is 5.08.